The molecular formula is C25H21N5O3. The molecule has 1 atom stereocenters. The number of benzene rings is 1. The molecule has 3 N–H and O–H groups in total. The minimum absolute atomic E-state index is 0.151. The minimum atomic E-state index is -1.09. The standard InChI is InChI=1S/C25H21N5O3/c31-25(32)29-18(11-17-12-28-22-4-2-1-3-19(17)22)15-33-24-14-27-13-23-20(24)5-6-21(30-23)16-7-9-26-10-8-16/h1-10,12-14,18,28-29H,11,15H2,(H,31,32). The van der Waals surface area contributed by atoms with E-state index in [4.69, 9.17) is 9.72 Å². The summed E-state index contributed by atoms with van der Waals surface area (Å²) in [6.45, 7) is 0.151. The highest BCUT2D eigenvalue weighted by molar-refractivity contribution is 5.86. The van der Waals surface area contributed by atoms with Gasteiger partial charge in [-0.25, -0.2) is 9.78 Å². The van der Waals surface area contributed by atoms with Crippen LogP contribution in [-0.2, 0) is 6.42 Å². The number of para-hydroxylation sites is 1. The van der Waals surface area contributed by atoms with Crippen molar-refractivity contribution in [2.75, 3.05) is 6.61 Å². The van der Waals surface area contributed by atoms with Crippen molar-refractivity contribution in [1.82, 2.24) is 25.3 Å². The fraction of sp³-hybridized carbons (Fsp3) is 0.120. The summed E-state index contributed by atoms with van der Waals surface area (Å²) in [6, 6.07) is 15.1. The second kappa shape index (κ2) is 8.96. The lowest BCUT2D eigenvalue weighted by Crippen LogP contribution is -2.39. The molecule has 0 spiro atoms. The fourth-order valence-corrected chi connectivity index (χ4v) is 3.91. The normalized spacial score (nSPS) is 12.0. The van der Waals surface area contributed by atoms with Crippen molar-refractivity contribution < 1.29 is 14.6 Å². The Kier molecular flexibility index (Phi) is 5.55. The Balaban J connectivity index is 1.37. The van der Waals surface area contributed by atoms with Gasteiger partial charge in [-0.2, -0.15) is 0 Å². The fourth-order valence-electron chi connectivity index (χ4n) is 3.91. The second-order valence-electron chi connectivity index (χ2n) is 7.66. The molecule has 0 fully saturated rings. The van der Waals surface area contributed by atoms with Gasteiger partial charge in [0.2, 0.25) is 0 Å². The molecule has 1 unspecified atom stereocenters. The van der Waals surface area contributed by atoms with Crippen LogP contribution in [0.5, 0.6) is 5.75 Å². The zero-order chi connectivity index (χ0) is 22.6. The largest absolute Gasteiger partial charge is 0.489 e. The summed E-state index contributed by atoms with van der Waals surface area (Å²) in [5.41, 5.74) is 4.50. The Hall–Kier alpha value is -4.46. The summed E-state index contributed by atoms with van der Waals surface area (Å²) in [5, 5.41) is 13.8. The van der Waals surface area contributed by atoms with E-state index in [1.54, 1.807) is 24.8 Å². The molecular weight excluding hydrogens is 418 g/mol. The number of nitrogens with zero attached hydrogens (tertiary/aromatic N) is 3. The first-order valence-electron chi connectivity index (χ1n) is 10.5. The van der Waals surface area contributed by atoms with Gasteiger partial charge < -0.3 is 20.1 Å². The van der Waals surface area contributed by atoms with Crippen molar-refractivity contribution in [1.29, 1.82) is 0 Å². The number of aromatic nitrogens is 4. The molecule has 1 amide bonds. The quantitative estimate of drug-likeness (QED) is 0.346. The van der Waals surface area contributed by atoms with Crippen molar-refractivity contribution in [3.05, 3.63) is 85.1 Å². The highest BCUT2D eigenvalue weighted by atomic mass is 16.5. The lowest BCUT2D eigenvalue weighted by molar-refractivity contribution is 0.181. The second-order valence-corrected chi connectivity index (χ2v) is 7.66. The van der Waals surface area contributed by atoms with Gasteiger partial charge in [0.15, 0.2) is 0 Å². The summed E-state index contributed by atoms with van der Waals surface area (Å²) < 4.78 is 6.04. The van der Waals surface area contributed by atoms with Gasteiger partial charge in [0.25, 0.3) is 0 Å². The molecule has 0 aliphatic rings. The average molecular weight is 439 g/mol. The number of nitrogens with one attached hydrogen (secondary N) is 2. The molecule has 0 saturated heterocycles. The number of carboxylic acid groups (broad SMARTS) is 1. The Bertz CT molecular complexity index is 1420. The lowest BCUT2D eigenvalue weighted by Gasteiger charge is -2.18. The van der Waals surface area contributed by atoms with E-state index in [0.29, 0.717) is 17.7 Å². The van der Waals surface area contributed by atoms with Crippen LogP contribution in [0.1, 0.15) is 5.56 Å². The third-order valence-electron chi connectivity index (χ3n) is 5.46. The van der Waals surface area contributed by atoms with E-state index in [-0.39, 0.29) is 6.61 Å². The van der Waals surface area contributed by atoms with E-state index < -0.39 is 12.1 Å². The number of ether oxygens (including phenoxy) is 1. The third-order valence-corrected chi connectivity index (χ3v) is 5.46. The van der Waals surface area contributed by atoms with E-state index in [2.05, 4.69) is 20.3 Å². The first-order valence-corrected chi connectivity index (χ1v) is 10.5. The van der Waals surface area contributed by atoms with Crippen LogP contribution in [0.15, 0.2) is 79.5 Å². The van der Waals surface area contributed by atoms with Crippen molar-refractivity contribution in [2.24, 2.45) is 0 Å². The molecule has 4 aromatic heterocycles. The Morgan fingerprint density at radius 1 is 1.03 bits per heavy atom. The van der Waals surface area contributed by atoms with E-state index in [1.165, 1.54) is 0 Å². The predicted molar refractivity (Wildman–Crippen MR) is 125 cm³/mol. The van der Waals surface area contributed by atoms with Crippen LogP contribution in [-0.4, -0.2) is 43.8 Å². The summed E-state index contributed by atoms with van der Waals surface area (Å²) in [7, 11) is 0. The van der Waals surface area contributed by atoms with Crippen LogP contribution >= 0.6 is 0 Å². The maximum absolute atomic E-state index is 11.4. The van der Waals surface area contributed by atoms with Gasteiger partial charge in [-0.05, 0) is 42.3 Å². The highest BCUT2D eigenvalue weighted by Crippen LogP contribution is 2.27. The number of aromatic amines is 1. The smallest absolute Gasteiger partial charge is 0.405 e. The zero-order valence-electron chi connectivity index (χ0n) is 17.6. The summed E-state index contributed by atoms with van der Waals surface area (Å²) in [4.78, 5) is 27.6. The van der Waals surface area contributed by atoms with Crippen LogP contribution in [0.4, 0.5) is 4.79 Å². The monoisotopic (exact) mass is 439 g/mol. The molecule has 8 nitrogen and oxygen atoms in total. The predicted octanol–water partition coefficient (Wildman–Crippen LogP) is 4.43. The number of carbonyl (C=O) groups is 1. The van der Waals surface area contributed by atoms with Gasteiger partial charge in [0.05, 0.1) is 29.6 Å². The topological polar surface area (TPSA) is 113 Å². The van der Waals surface area contributed by atoms with E-state index >= 15 is 0 Å². The molecule has 33 heavy (non-hydrogen) atoms. The first kappa shape index (κ1) is 20.4. The maximum Gasteiger partial charge on any atom is 0.405 e. The van der Waals surface area contributed by atoms with Crippen LogP contribution in [0.25, 0.3) is 33.1 Å². The van der Waals surface area contributed by atoms with Crippen LogP contribution < -0.4 is 10.1 Å². The molecule has 0 saturated carbocycles. The summed E-state index contributed by atoms with van der Waals surface area (Å²) >= 11 is 0. The maximum atomic E-state index is 11.4. The number of fused-ring (bicyclic) bond motifs is 2. The molecule has 5 rings (SSSR count). The van der Waals surface area contributed by atoms with Crippen LogP contribution in [0, 0.1) is 0 Å². The van der Waals surface area contributed by atoms with Gasteiger partial charge in [0.1, 0.15) is 12.4 Å². The van der Waals surface area contributed by atoms with Crippen LogP contribution in [0.2, 0.25) is 0 Å². The summed E-state index contributed by atoms with van der Waals surface area (Å²) in [6.07, 6.45) is 8.06. The molecule has 164 valence electrons. The van der Waals surface area contributed by atoms with Gasteiger partial charge in [-0.3, -0.25) is 9.97 Å². The van der Waals surface area contributed by atoms with E-state index in [1.807, 2.05) is 54.7 Å². The average Bonchev–Trinajstić information content (AvgIpc) is 3.25. The van der Waals surface area contributed by atoms with Crippen molar-refractivity contribution in [3.63, 3.8) is 0 Å². The van der Waals surface area contributed by atoms with Crippen molar-refractivity contribution in [3.8, 4) is 17.0 Å². The molecule has 4 heterocycles. The zero-order valence-corrected chi connectivity index (χ0v) is 17.6. The SMILES string of the molecule is O=C(O)NC(COc1cncc2nc(-c3ccncc3)ccc12)Cc1c[nH]c2ccccc12. The molecule has 5 aromatic rings. The highest BCUT2D eigenvalue weighted by Gasteiger charge is 2.17. The number of pyridine rings is 3. The van der Waals surface area contributed by atoms with E-state index in [0.717, 1.165) is 33.1 Å². The van der Waals surface area contributed by atoms with Crippen LogP contribution in [0.3, 0.4) is 0 Å². The summed E-state index contributed by atoms with van der Waals surface area (Å²) in [5.74, 6) is 0.553. The molecule has 0 aliphatic heterocycles. The van der Waals surface area contributed by atoms with Crippen molar-refractivity contribution >= 4 is 27.9 Å². The van der Waals surface area contributed by atoms with Crippen molar-refractivity contribution in [2.45, 2.75) is 12.5 Å². The van der Waals surface area contributed by atoms with Gasteiger partial charge >= 0.3 is 6.09 Å². The van der Waals surface area contributed by atoms with Gasteiger partial charge in [0, 0.05) is 40.4 Å². The lowest BCUT2D eigenvalue weighted by atomic mass is 10.1. The van der Waals surface area contributed by atoms with E-state index in [9.17, 15) is 9.90 Å². The number of rotatable bonds is 7. The van der Waals surface area contributed by atoms with Gasteiger partial charge in [-0.1, -0.05) is 18.2 Å². The number of H-pyrrole nitrogens is 1. The Labute approximate surface area is 189 Å². The molecule has 0 aliphatic carbocycles. The minimum Gasteiger partial charge on any atom is -0.489 e. The first-order chi connectivity index (χ1) is 16.2. The number of hydrogen-bond acceptors (Lipinski definition) is 5. The number of hydrogen-bond donors (Lipinski definition) is 3. The Morgan fingerprint density at radius 2 is 1.88 bits per heavy atom. The number of amides is 1. The Morgan fingerprint density at radius 3 is 2.73 bits per heavy atom. The third kappa shape index (κ3) is 4.45. The molecule has 0 bridgehead atoms. The molecule has 1 aromatic carbocycles. The molecule has 0 radical (unpaired) electrons. The van der Waals surface area contributed by atoms with Gasteiger partial charge in [-0.15, -0.1) is 0 Å². The molecule has 8 heteroatoms.